The molecule has 0 saturated carbocycles. The molecule has 2 atom stereocenters. The van der Waals surface area contributed by atoms with Crippen LogP contribution in [0, 0.1) is 11.8 Å². The maximum atomic E-state index is 12.6. The van der Waals surface area contributed by atoms with Gasteiger partial charge in [-0.25, -0.2) is 0 Å². The number of carbonyl (C=O) groups is 2. The lowest BCUT2D eigenvalue weighted by Gasteiger charge is -2.37. The van der Waals surface area contributed by atoms with Gasteiger partial charge in [0.1, 0.15) is 0 Å². The molecule has 1 aliphatic heterocycles. The van der Waals surface area contributed by atoms with Crippen LogP contribution in [0.15, 0.2) is 0 Å². The van der Waals surface area contributed by atoms with Gasteiger partial charge >= 0.3 is 0 Å². The zero-order chi connectivity index (χ0) is 16.8. The van der Waals surface area contributed by atoms with Gasteiger partial charge in [-0.3, -0.25) is 9.59 Å². The van der Waals surface area contributed by atoms with Crippen molar-refractivity contribution in [1.29, 1.82) is 0 Å². The lowest BCUT2D eigenvalue weighted by molar-refractivity contribution is -0.139. The monoisotopic (exact) mass is 311 g/mol. The van der Waals surface area contributed by atoms with Gasteiger partial charge in [-0.05, 0) is 32.1 Å². The van der Waals surface area contributed by atoms with E-state index in [1.165, 1.54) is 0 Å². The number of nitrogens with one attached hydrogen (secondary N) is 1. The Labute approximate surface area is 135 Å². The van der Waals surface area contributed by atoms with Gasteiger partial charge in [0, 0.05) is 25.6 Å². The lowest BCUT2D eigenvalue weighted by Crippen LogP contribution is -2.56. The Kier molecular flexibility index (Phi) is 7.33. The summed E-state index contributed by atoms with van der Waals surface area (Å²) in [6.45, 7) is 9.86. The van der Waals surface area contributed by atoms with Crippen molar-refractivity contribution in [3.05, 3.63) is 0 Å². The Balaban J connectivity index is 2.68. The third-order valence-corrected chi connectivity index (χ3v) is 5.27. The van der Waals surface area contributed by atoms with E-state index >= 15 is 0 Å². The minimum atomic E-state index is -0.305. The average molecular weight is 311 g/mol. The predicted octanol–water partition coefficient (Wildman–Crippen LogP) is 1.90. The van der Waals surface area contributed by atoms with Gasteiger partial charge in [0.15, 0.2) is 0 Å². The SMILES string of the molecule is CCC(C)C(=O)N1CCCC(C(=O)NC(CC)(CC)CN)C1. The van der Waals surface area contributed by atoms with E-state index in [1.54, 1.807) is 0 Å². The fraction of sp³-hybridized carbons (Fsp3) is 0.882. The van der Waals surface area contributed by atoms with Gasteiger partial charge in [-0.1, -0.05) is 27.7 Å². The van der Waals surface area contributed by atoms with Crippen LogP contribution in [0.2, 0.25) is 0 Å². The van der Waals surface area contributed by atoms with E-state index in [9.17, 15) is 9.59 Å². The standard InChI is InChI=1S/C17H33N3O2/c1-5-13(4)16(22)20-10-8-9-14(11-20)15(21)19-17(6-2,7-3)12-18/h13-14H,5-12,18H2,1-4H3,(H,19,21). The molecule has 0 bridgehead atoms. The van der Waals surface area contributed by atoms with E-state index < -0.39 is 0 Å². The van der Waals surface area contributed by atoms with Crippen molar-refractivity contribution in [2.45, 2.75) is 65.3 Å². The van der Waals surface area contributed by atoms with Crippen LogP contribution in [0.1, 0.15) is 59.8 Å². The smallest absolute Gasteiger partial charge is 0.225 e. The number of nitrogens with zero attached hydrogens (tertiary/aromatic N) is 1. The molecule has 0 spiro atoms. The molecule has 3 N–H and O–H groups in total. The van der Waals surface area contributed by atoms with Crippen molar-refractivity contribution in [3.8, 4) is 0 Å². The molecule has 1 heterocycles. The Bertz CT molecular complexity index is 372. The number of likely N-dealkylation sites (tertiary alicyclic amines) is 1. The van der Waals surface area contributed by atoms with Gasteiger partial charge in [0.05, 0.1) is 11.5 Å². The van der Waals surface area contributed by atoms with E-state index in [-0.39, 0.29) is 29.2 Å². The molecule has 0 aliphatic carbocycles. The molecular weight excluding hydrogens is 278 g/mol. The fourth-order valence-electron chi connectivity index (χ4n) is 3.01. The number of hydrogen-bond donors (Lipinski definition) is 2. The molecule has 0 aromatic carbocycles. The first kappa shape index (κ1) is 18.9. The highest BCUT2D eigenvalue weighted by Gasteiger charge is 2.33. The summed E-state index contributed by atoms with van der Waals surface area (Å²) in [4.78, 5) is 26.8. The third-order valence-electron chi connectivity index (χ3n) is 5.27. The number of hydrogen-bond acceptors (Lipinski definition) is 3. The first-order chi connectivity index (χ1) is 10.4. The van der Waals surface area contributed by atoms with E-state index in [0.29, 0.717) is 13.1 Å². The largest absolute Gasteiger partial charge is 0.349 e. The third kappa shape index (κ3) is 4.45. The van der Waals surface area contributed by atoms with Crippen LogP contribution in [-0.4, -0.2) is 41.9 Å². The molecule has 5 heteroatoms. The second-order valence-corrected chi connectivity index (χ2v) is 6.61. The van der Waals surface area contributed by atoms with Crippen molar-refractivity contribution in [1.82, 2.24) is 10.2 Å². The second kappa shape index (κ2) is 8.51. The summed E-state index contributed by atoms with van der Waals surface area (Å²) in [5.74, 6) is 0.161. The van der Waals surface area contributed by atoms with Crippen LogP contribution in [-0.2, 0) is 9.59 Å². The van der Waals surface area contributed by atoms with Crippen LogP contribution < -0.4 is 11.1 Å². The Morgan fingerprint density at radius 1 is 1.32 bits per heavy atom. The van der Waals surface area contributed by atoms with Crippen LogP contribution in [0.25, 0.3) is 0 Å². The van der Waals surface area contributed by atoms with Gasteiger partial charge in [-0.15, -0.1) is 0 Å². The highest BCUT2D eigenvalue weighted by Crippen LogP contribution is 2.21. The molecule has 128 valence electrons. The molecule has 1 aliphatic rings. The summed E-state index contributed by atoms with van der Waals surface area (Å²) < 4.78 is 0. The molecule has 0 aromatic rings. The summed E-state index contributed by atoms with van der Waals surface area (Å²) in [7, 11) is 0. The quantitative estimate of drug-likeness (QED) is 0.754. The van der Waals surface area contributed by atoms with Crippen molar-refractivity contribution in [2.24, 2.45) is 17.6 Å². The first-order valence-electron chi connectivity index (χ1n) is 8.73. The lowest BCUT2D eigenvalue weighted by atomic mass is 9.90. The van der Waals surface area contributed by atoms with E-state index in [2.05, 4.69) is 19.2 Å². The summed E-state index contributed by atoms with van der Waals surface area (Å²) in [6.07, 6.45) is 4.24. The highest BCUT2D eigenvalue weighted by molar-refractivity contribution is 5.82. The zero-order valence-electron chi connectivity index (χ0n) is 14.7. The number of amides is 2. The van der Waals surface area contributed by atoms with E-state index in [4.69, 9.17) is 5.73 Å². The van der Waals surface area contributed by atoms with Crippen molar-refractivity contribution < 1.29 is 9.59 Å². The van der Waals surface area contributed by atoms with E-state index in [0.717, 1.165) is 38.6 Å². The summed E-state index contributed by atoms with van der Waals surface area (Å²) >= 11 is 0. The molecule has 1 saturated heterocycles. The van der Waals surface area contributed by atoms with Crippen LogP contribution in [0.4, 0.5) is 0 Å². The maximum absolute atomic E-state index is 12.6. The summed E-state index contributed by atoms with van der Waals surface area (Å²) in [5.41, 5.74) is 5.56. The number of piperidine rings is 1. The Morgan fingerprint density at radius 3 is 2.45 bits per heavy atom. The van der Waals surface area contributed by atoms with Crippen LogP contribution >= 0.6 is 0 Å². The van der Waals surface area contributed by atoms with Crippen LogP contribution in [0.3, 0.4) is 0 Å². The summed E-state index contributed by atoms with van der Waals surface area (Å²) in [6, 6.07) is 0. The minimum absolute atomic E-state index is 0.0382. The normalized spacial score (nSPS) is 20.6. The van der Waals surface area contributed by atoms with Crippen molar-refractivity contribution in [3.63, 3.8) is 0 Å². The van der Waals surface area contributed by atoms with Crippen molar-refractivity contribution >= 4 is 11.8 Å². The number of rotatable bonds is 7. The topological polar surface area (TPSA) is 75.4 Å². The molecular formula is C17H33N3O2. The van der Waals surface area contributed by atoms with E-state index in [1.807, 2.05) is 18.7 Å². The van der Waals surface area contributed by atoms with Gasteiger partial charge in [-0.2, -0.15) is 0 Å². The molecule has 1 fully saturated rings. The molecule has 0 aromatic heterocycles. The average Bonchev–Trinajstić information content (AvgIpc) is 2.58. The molecule has 5 nitrogen and oxygen atoms in total. The number of carbonyl (C=O) groups excluding carboxylic acids is 2. The van der Waals surface area contributed by atoms with Crippen LogP contribution in [0.5, 0.6) is 0 Å². The van der Waals surface area contributed by atoms with Gasteiger partial charge < -0.3 is 16.0 Å². The molecule has 2 unspecified atom stereocenters. The maximum Gasteiger partial charge on any atom is 0.225 e. The number of nitrogens with two attached hydrogens (primary N) is 1. The summed E-state index contributed by atoms with van der Waals surface area (Å²) in [5, 5.41) is 3.15. The minimum Gasteiger partial charge on any atom is -0.349 e. The molecule has 0 radical (unpaired) electrons. The van der Waals surface area contributed by atoms with Gasteiger partial charge in [0.2, 0.25) is 11.8 Å². The van der Waals surface area contributed by atoms with Crippen molar-refractivity contribution in [2.75, 3.05) is 19.6 Å². The molecule has 2 amide bonds. The Morgan fingerprint density at radius 2 is 1.95 bits per heavy atom. The predicted molar refractivity (Wildman–Crippen MR) is 89.3 cm³/mol. The molecule has 1 rings (SSSR count). The second-order valence-electron chi connectivity index (χ2n) is 6.61. The first-order valence-corrected chi connectivity index (χ1v) is 8.73. The zero-order valence-corrected chi connectivity index (χ0v) is 14.7. The molecule has 22 heavy (non-hydrogen) atoms. The Hall–Kier alpha value is -1.10. The van der Waals surface area contributed by atoms with Gasteiger partial charge in [0.25, 0.3) is 0 Å². The highest BCUT2D eigenvalue weighted by atomic mass is 16.2. The fourth-order valence-corrected chi connectivity index (χ4v) is 3.01.